The molecule has 0 aromatic heterocycles. The first-order chi connectivity index (χ1) is 8.88. The van der Waals surface area contributed by atoms with Crippen molar-refractivity contribution in [3.8, 4) is 0 Å². The molecule has 5 heteroatoms. The second-order valence-electron chi connectivity index (χ2n) is 5.02. The van der Waals surface area contributed by atoms with Crippen LogP contribution in [0, 0.1) is 0 Å². The summed E-state index contributed by atoms with van der Waals surface area (Å²) in [5.41, 5.74) is 0.429. The molecule has 19 heavy (non-hydrogen) atoms. The average Bonchev–Trinajstić information content (AvgIpc) is 3.17. The fourth-order valence-electron chi connectivity index (χ4n) is 2.22. The molecule has 102 valence electrons. The largest absolute Gasteiger partial charge is 0.480 e. The van der Waals surface area contributed by atoms with E-state index in [0.717, 1.165) is 22.9 Å². The minimum absolute atomic E-state index is 0.111. The Bertz CT molecular complexity index is 525. The molecule has 1 aromatic rings. The van der Waals surface area contributed by atoms with Crippen LogP contribution in [0.4, 0.5) is 0 Å². The topological polar surface area (TPSA) is 57.6 Å². The van der Waals surface area contributed by atoms with Crippen molar-refractivity contribution < 1.29 is 14.7 Å². The molecule has 1 unspecified atom stereocenters. The van der Waals surface area contributed by atoms with E-state index in [1.165, 1.54) is 11.8 Å². The van der Waals surface area contributed by atoms with E-state index in [4.69, 9.17) is 5.11 Å². The van der Waals surface area contributed by atoms with Crippen molar-refractivity contribution in [2.75, 3.05) is 7.05 Å². The lowest BCUT2D eigenvalue weighted by Gasteiger charge is -2.27. The van der Waals surface area contributed by atoms with E-state index in [1.807, 2.05) is 24.3 Å². The van der Waals surface area contributed by atoms with Crippen molar-refractivity contribution in [2.45, 2.75) is 31.2 Å². The van der Waals surface area contributed by atoms with Gasteiger partial charge in [0.2, 0.25) is 5.91 Å². The van der Waals surface area contributed by atoms with Crippen LogP contribution >= 0.6 is 15.9 Å². The van der Waals surface area contributed by atoms with Crippen LogP contribution in [0.15, 0.2) is 28.7 Å². The van der Waals surface area contributed by atoms with Crippen LogP contribution in [0.25, 0.3) is 0 Å². The number of carbonyl (C=O) groups excluding carboxylic acids is 1. The molecule has 1 N–H and O–H groups in total. The maximum absolute atomic E-state index is 12.5. The highest BCUT2D eigenvalue weighted by Gasteiger charge is 2.53. The highest BCUT2D eigenvalue weighted by atomic mass is 79.9. The molecule has 0 heterocycles. The summed E-state index contributed by atoms with van der Waals surface area (Å²) in [6.45, 7) is 1.53. The average molecular weight is 326 g/mol. The van der Waals surface area contributed by atoms with Crippen LogP contribution < -0.4 is 0 Å². The molecule has 1 saturated carbocycles. The lowest BCUT2D eigenvalue weighted by molar-refractivity contribution is -0.149. The molecule has 1 aromatic carbocycles. The minimum Gasteiger partial charge on any atom is -0.480 e. The summed E-state index contributed by atoms with van der Waals surface area (Å²) in [5, 5.41) is 9.00. The molecular formula is C14H16BrNO3. The van der Waals surface area contributed by atoms with Crippen LogP contribution in [0.5, 0.6) is 0 Å². The third kappa shape index (κ3) is 2.52. The van der Waals surface area contributed by atoms with Gasteiger partial charge in [0.05, 0.1) is 5.41 Å². The molecule has 0 radical (unpaired) electrons. The first-order valence-corrected chi connectivity index (χ1v) is 6.94. The molecule has 2 rings (SSSR count). The van der Waals surface area contributed by atoms with E-state index in [-0.39, 0.29) is 5.91 Å². The number of amides is 1. The van der Waals surface area contributed by atoms with Crippen LogP contribution in [0.3, 0.4) is 0 Å². The maximum atomic E-state index is 12.5. The molecule has 0 spiro atoms. The molecular weight excluding hydrogens is 310 g/mol. The number of rotatable bonds is 4. The zero-order valence-electron chi connectivity index (χ0n) is 10.9. The van der Waals surface area contributed by atoms with E-state index in [0.29, 0.717) is 0 Å². The molecule has 1 fully saturated rings. The second-order valence-corrected chi connectivity index (χ2v) is 5.94. The Morgan fingerprint density at radius 2 is 2.05 bits per heavy atom. The van der Waals surface area contributed by atoms with Gasteiger partial charge in [0.1, 0.15) is 6.04 Å². The summed E-state index contributed by atoms with van der Waals surface area (Å²) in [5.74, 6) is -1.10. The third-order valence-corrected chi connectivity index (χ3v) is 4.29. The van der Waals surface area contributed by atoms with Gasteiger partial charge in [-0.05, 0) is 37.5 Å². The molecule has 1 aliphatic carbocycles. The van der Waals surface area contributed by atoms with Gasteiger partial charge in [-0.15, -0.1) is 0 Å². The standard InChI is InChI=1S/C14H16BrNO3/c1-9(12(17)18)16(2)13(19)14(6-7-14)10-4-3-5-11(15)8-10/h3-5,8-9H,6-7H2,1-2H3,(H,17,18). The Balaban J connectivity index is 2.26. The SMILES string of the molecule is CC(C(=O)O)N(C)C(=O)C1(c2cccc(Br)c2)CC1. The number of carboxylic acid groups (broad SMARTS) is 1. The number of hydrogen-bond donors (Lipinski definition) is 1. The third-order valence-electron chi connectivity index (χ3n) is 3.80. The summed E-state index contributed by atoms with van der Waals surface area (Å²) in [7, 11) is 1.55. The normalized spacial score (nSPS) is 17.6. The van der Waals surface area contributed by atoms with E-state index in [2.05, 4.69) is 15.9 Å². The van der Waals surface area contributed by atoms with Crippen LogP contribution in [-0.4, -0.2) is 35.0 Å². The summed E-state index contributed by atoms with van der Waals surface area (Å²) in [4.78, 5) is 24.8. The van der Waals surface area contributed by atoms with E-state index in [1.54, 1.807) is 7.05 Å². The van der Waals surface area contributed by atoms with Crippen LogP contribution in [0.2, 0.25) is 0 Å². The second kappa shape index (κ2) is 4.96. The van der Waals surface area contributed by atoms with E-state index in [9.17, 15) is 9.59 Å². The molecule has 0 bridgehead atoms. The van der Waals surface area contributed by atoms with Crippen molar-refractivity contribution in [1.29, 1.82) is 0 Å². The number of carboxylic acids is 1. The summed E-state index contributed by atoms with van der Waals surface area (Å²) < 4.78 is 0.929. The van der Waals surface area contributed by atoms with Gasteiger partial charge in [-0.25, -0.2) is 4.79 Å². The van der Waals surface area contributed by atoms with Crippen molar-refractivity contribution in [2.24, 2.45) is 0 Å². The summed E-state index contributed by atoms with van der Waals surface area (Å²) in [6.07, 6.45) is 1.55. The lowest BCUT2D eigenvalue weighted by Crippen LogP contribution is -2.45. The smallest absolute Gasteiger partial charge is 0.326 e. The number of carbonyl (C=O) groups is 2. The monoisotopic (exact) mass is 325 g/mol. The minimum atomic E-state index is -0.985. The number of benzene rings is 1. The highest BCUT2D eigenvalue weighted by Crippen LogP contribution is 2.50. The number of aliphatic carboxylic acids is 1. The Hall–Kier alpha value is -1.36. The van der Waals surface area contributed by atoms with Crippen molar-refractivity contribution in [3.05, 3.63) is 34.3 Å². The molecule has 0 saturated heterocycles. The molecule has 1 atom stereocenters. The fourth-order valence-corrected chi connectivity index (χ4v) is 2.62. The van der Waals surface area contributed by atoms with Gasteiger partial charge in [0.25, 0.3) is 0 Å². The molecule has 1 aliphatic rings. The van der Waals surface area contributed by atoms with Gasteiger partial charge >= 0.3 is 5.97 Å². The predicted molar refractivity (Wildman–Crippen MR) is 74.9 cm³/mol. The first kappa shape index (κ1) is 14.1. The van der Waals surface area contributed by atoms with Crippen molar-refractivity contribution in [3.63, 3.8) is 0 Å². The van der Waals surface area contributed by atoms with Crippen molar-refractivity contribution >= 4 is 27.8 Å². The predicted octanol–water partition coefficient (Wildman–Crippen LogP) is 2.41. The molecule has 0 aliphatic heterocycles. The zero-order valence-corrected chi connectivity index (χ0v) is 12.5. The Labute approximate surface area is 120 Å². The van der Waals surface area contributed by atoms with Gasteiger partial charge < -0.3 is 10.0 Å². The van der Waals surface area contributed by atoms with Gasteiger partial charge in [-0.2, -0.15) is 0 Å². The maximum Gasteiger partial charge on any atom is 0.326 e. The fraction of sp³-hybridized carbons (Fsp3) is 0.429. The summed E-state index contributed by atoms with van der Waals surface area (Å²) >= 11 is 3.40. The Kier molecular flexibility index (Phi) is 3.67. The van der Waals surface area contributed by atoms with Crippen molar-refractivity contribution in [1.82, 2.24) is 4.90 Å². The molecule has 4 nitrogen and oxygen atoms in total. The highest BCUT2D eigenvalue weighted by molar-refractivity contribution is 9.10. The van der Waals surface area contributed by atoms with Gasteiger partial charge in [-0.3, -0.25) is 4.79 Å². The number of halogens is 1. The van der Waals surface area contributed by atoms with E-state index >= 15 is 0 Å². The zero-order chi connectivity index (χ0) is 14.2. The van der Waals surface area contributed by atoms with Gasteiger partial charge in [0.15, 0.2) is 0 Å². The number of nitrogens with zero attached hydrogens (tertiary/aromatic N) is 1. The Morgan fingerprint density at radius 1 is 1.42 bits per heavy atom. The first-order valence-electron chi connectivity index (χ1n) is 6.14. The van der Waals surface area contributed by atoms with Gasteiger partial charge in [-0.1, -0.05) is 28.1 Å². The van der Waals surface area contributed by atoms with Crippen LogP contribution in [-0.2, 0) is 15.0 Å². The Morgan fingerprint density at radius 3 is 2.53 bits per heavy atom. The van der Waals surface area contributed by atoms with Gasteiger partial charge in [0, 0.05) is 11.5 Å². The van der Waals surface area contributed by atoms with E-state index < -0.39 is 17.4 Å². The number of hydrogen-bond acceptors (Lipinski definition) is 2. The van der Waals surface area contributed by atoms with Crippen LogP contribution in [0.1, 0.15) is 25.3 Å². The number of likely N-dealkylation sites (N-methyl/N-ethyl adjacent to an activating group) is 1. The molecule has 1 amide bonds. The lowest BCUT2D eigenvalue weighted by atomic mass is 9.94. The quantitative estimate of drug-likeness (QED) is 0.924. The summed E-state index contributed by atoms with van der Waals surface area (Å²) in [6, 6.07) is 6.86.